The van der Waals surface area contributed by atoms with Crippen LogP contribution in [0.2, 0.25) is 0 Å². The predicted octanol–water partition coefficient (Wildman–Crippen LogP) is 4.63. The van der Waals surface area contributed by atoms with Gasteiger partial charge in [-0.15, -0.1) is 0 Å². The fourth-order valence-electron chi connectivity index (χ4n) is 3.48. The molecule has 5 rings (SSSR count). The zero-order valence-electron chi connectivity index (χ0n) is 17.2. The van der Waals surface area contributed by atoms with Crippen LogP contribution in [0.1, 0.15) is 0 Å². The van der Waals surface area contributed by atoms with Crippen LogP contribution in [0, 0.1) is 0 Å². The molecule has 0 amide bonds. The van der Waals surface area contributed by atoms with E-state index in [2.05, 4.69) is 20.3 Å². The molecule has 0 unspecified atom stereocenters. The number of fused-ring (bicyclic) bond motifs is 1. The Bertz CT molecular complexity index is 1490. The summed E-state index contributed by atoms with van der Waals surface area (Å²) < 4.78 is 25.6. The molecule has 1 N–H and O–H groups in total. The SMILES string of the molecule is CS(=O)(=O)c1ccc(-c2nc3nccnc3n2-c2ccc(Nc3ccccc3)cc2)cc1. The summed E-state index contributed by atoms with van der Waals surface area (Å²) in [6.45, 7) is 0. The highest BCUT2D eigenvalue weighted by molar-refractivity contribution is 7.90. The van der Waals surface area contributed by atoms with Crippen molar-refractivity contribution >= 4 is 32.5 Å². The Morgan fingerprint density at radius 3 is 2.12 bits per heavy atom. The highest BCUT2D eigenvalue weighted by Crippen LogP contribution is 2.28. The molecular weight excluding hydrogens is 422 g/mol. The average molecular weight is 442 g/mol. The van der Waals surface area contributed by atoms with Gasteiger partial charge < -0.3 is 5.32 Å². The van der Waals surface area contributed by atoms with Gasteiger partial charge in [0, 0.05) is 41.3 Å². The molecule has 0 bridgehead atoms. The lowest BCUT2D eigenvalue weighted by Gasteiger charge is -2.11. The molecular formula is C24H19N5O2S. The molecule has 8 heteroatoms. The third-order valence-electron chi connectivity index (χ3n) is 5.02. The van der Waals surface area contributed by atoms with Crippen LogP contribution in [0.3, 0.4) is 0 Å². The van der Waals surface area contributed by atoms with Crippen LogP contribution in [0.4, 0.5) is 11.4 Å². The summed E-state index contributed by atoms with van der Waals surface area (Å²) in [6, 6.07) is 24.6. The van der Waals surface area contributed by atoms with Crippen molar-refractivity contribution < 1.29 is 8.42 Å². The number of aromatic nitrogens is 4. The van der Waals surface area contributed by atoms with E-state index in [0.29, 0.717) is 17.1 Å². The van der Waals surface area contributed by atoms with E-state index in [1.807, 2.05) is 59.2 Å². The second kappa shape index (κ2) is 7.90. The fourth-order valence-corrected chi connectivity index (χ4v) is 4.11. The molecule has 2 heterocycles. The molecule has 2 aromatic heterocycles. The van der Waals surface area contributed by atoms with Crippen LogP contribution in [-0.2, 0) is 9.84 Å². The van der Waals surface area contributed by atoms with Gasteiger partial charge >= 0.3 is 0 Å². The zero-order chi connectivity index (χ0) is 22.1. The summed E-state index contributed by atoms with van der Waals surface area (Å²) in [5, 5.41) is 3.37. The Morgan fingerprint density at radius 1 is 0.781 bits per heavy atom. The summed E-state index contributed by atoms with van der Waals surface area (Å²) >= 11 is 0. The monoisotopic (exact) mass is 441 g/mol. The molecule has 3 aromatic carbocycles. The van der Waals surface area contributed by atoms with E-state index >= 15 is 0 Å². The lowest BCUT2D eigenvalue weighted by molar-refractivity contribution is 0.602. The number of hydrogen-bond donors (Lipinski definition) is 1. The topological polar surface area (TPSA) is 89.8 Å². The summed E-state index contributed by atoms with van der Waals surface area (Å²) in [5.74, 6) is 0.634. The predicted molar refractivity (Wildman–Crippen MR) is 125 cm³/mol. The Hall–Kier alpha value is -4.04. The quantitative estimate of drug-likeness (QED) is 0.428. The minimum atomic E-state index is -3.28. The maximum atomic E-state index is 11.8. The van der Waals surface area contributed by atoms with E-state index < -0.39 is 9.84 Å². The van der Waals surface area contributed by atoms with Crippen LogP contribution in [0.15, 0.2) is 96.2 Å². The second-order valence-electron chi connectivity index (χ2n) is 7.31. The number of anilines is 2. The van der Waals surface area contributed by atoms with Gasteiger partial charge in [-0.05, 0) is 60.7 Å². The van der Waals surface area contributed by atoms with E-state index in [1.165, 1.54) is 6.26 Å². The molecule has 0 aliphatic carbocycles. The normalized spacial score (nSPS) is 11.5. The fraction of sp³-hybridized carbons (Fsp3) is 0.0417. The van der Waals surface area contributed by atoms with Crippen molar-refractivity contribution in [3.63, 3.8) is 0 Å². The molecule has 0 radical (unpaired) electrons. The molecule has 0 aliphatic rings. The molecule has 0 saturated heterocycles. The Balaban J connectivity index is 1.58. The first kappa shape index (κ1) is 19.9. The standard InChI is InChI=1S/C24H19N5O2S/c1-32(30,31)21-13-7-17(8-14-21)23-28-22-24(26-16-15-25-22)29(23)20-11-9-19(10-12-20)27-18-5-3-2-4-6-18/h2-16,27H,1H3. The van der Waals surface area contributed by atoms with E-state index in [9.17, 15) is 8.42 Å². The maximum Gasteiger partial charge on any atom is 0.198 e. The van der Waals surface area contributed by atoms with Crippen molar-refractivity contribution in [2.24, 2.45) is 0 Å². The number of sulfone groups is 1. The van der Waals surface area contributed by atoms with Crippen molar-refractivity contribution in [3.05, 3.63) is 91.3 Å². The molecule has 158 valence electrons. The van der Waals surface area contributed by atoms with Gasteiger partial charge in [0.25, 0.3) is 0 Å². The number of benzene rings is 3. The second-order valence-corrected chi connectivity index (χ2v) is 9.32. The number of nitrogens with one attached hydrogen (secondary N) is 1. The van der Waals surface area contributed by atoms with Gasteiger partial charge in [0.1, 0.15) is 5.82 Å². The highest BCUT2D eigenvalue weighted by atomic mass is 32.2. The number of imidazole rings is 1. The van der Waals surface area contributed by atoms with Crippen molar-refractivity contribution in [2.45, 2.75) is 4.90 Å². The van der Waals surface area contributed by atoms with Crippen LogP contribution in [0.25, 0.3) is 28.4 Å². The summed E-state index contributed by atoms with van der Waals surface area (Å²) in [4.78, 5) is 13.7. The van der Waals surface area contributed by atoms with E-state index in [1.54, 1.807) is 36.7 Å². The first-order valence-corrected chi connectivity index (χ1v) is 11.8. The minimum Gasteiger partial charge on any atom is -0.356 e. The summed E-state index contributed by atoms with van der Waals surface area (Å²) in [7, 11) is -3.28. The van der Waals surface area contributed by atoms with Gasteiger partial charge in [-0.25, -0.2) is 23.4 Å². The molecule has 7 nitrogen and oxygen atoms in total. The summed E-state index contributed by atoms with van der Waals surface area (Å²) in [6.07, 6.45) is 4.42. The molecule has 5 aromatic rings. The van der Waals surface area contributed by atoms with Crippen molar-refractivity contribution in [1.29, 1.82) is 0 Å². The first-order chi connectivity index (χ1) is 15.5. The third-order valence-corrected chi connectivity index (χ3v) is 6.15. The summed E-state index contributed by atoms with van der Waals surface area (Å²) in [5.41, 5.74) is 4.73. The molecule has 0 aliphatic heterocycles. The van der Waals surface area contributed by atoms with Gasteiger partial charge in [0.05, 0.1) is 4.90 Å². The lowest BCUT2D eigenvalue weighted by atomic mass is 10.2. The third kappa shape index (κ3) is 3.83. The lowest BCUT2D eigenvalue weighted by Crippen LogP contribution is -2.00. The van der Waals surface area contributed by atoms with Crippen LogP contribution >= 0.6 is 0 Å². The van der Waals surface area contributed by atoms with Gasteiger partial charge in [0.15, 0.2) is 21.1 Å². The van der Waals surface area contributed by atoms with Crippen molar-refractivity contribution in [2.75, 3.05) is 11.6 Å². The molecule has 0 atom stereocenters. The molecule has 0 saturated carbocycles. The molecule has 0 spiro atoms. The van der Waals surface area contributed by atoms with Gasteiger partial charge in [0.2, 0.25) is 0 Å². The maximum absolute atomic E-state index is 11.8. The van der Waals surface area contributed by atoms with E-state index in [4.69, 9.17) is 0 Å². The smallest absolute Gasteiger partial charge is 0.198 e. The number of rotatable bonds is 5. The van der Waals surface area contributed by atoms with Crippen molar-refractivity contribution in [1.82, 2.24) is 19.5 Å². The largest absolute Gasteiger partial charge is 0.356 e. The Morgan fingerprint density at radius 2 is 1.44 bits per heavy atom. The van der Waals surface area contributed by atoms with Gasteiger partial charge in [-0.3, -0.25) is 4.57 Å². The van der Waals surface area contributed by atoms with Crippen LogP contribution in [-0.4, -0.2) is 34.2 Å². The Kier molecular flexibility index (Phi) is 4.91. The first-order valence-electron chi connectivity index (χ1n) is 9.91. The van der Waals surface area contributed by atoms with Gasteiger partial charge in [-0.2, -0.15) is 0 Å². The number of para-hydroxylation sites is 1. The Labute approximate surface area is 185 Å². The van der Waals surface area contributed by atoms with Crippen molar-refractivity contribution in [3.8, 4) is 17.1 Å². The zero-order valence-corrected chi connectivity index (χ0v) is 18.0. The van der Waals surface area contributed by atoms with Crippen LogP contribution in [0.5, 0.6) is 0 Å². The number of nitrogens with zero attached hydrogens (tertiary/aromatic N) is 4. The molecule has 0 fully saturated rings. The minimum absolute atomic E-state index is 0.261. The average Bonchev–Trinajstić information content (AvgIpc) is 3.19. The molecule has 32 heavy (non-hydrogen) atoms. The van der Waals surface area contributed by atoms with E-state index in [0.717, 1.165) is 22.6 Å². The van der Waals surface area contributed by atoms with E-state index in [-0.39, 0.29) is 4.90 Å². The highest BCUT2D eigenvalue weighted by Gasteiger charge is 2.17. The number of hydrogen-bond acceptors (Lipinski definition) is 6. The van der Waals surface area contributed by atoms with Gasteiger partial charge in [-0.1, -0.05) is 18.2 Å². The van der Waals surface area contributed by atoms with Crippen LogP contribution < -0.4 is 5.32 Å².